The topological polar surface area (TPSA) is 57.0 Å². The first kappa shape index (κ1) is 18.5. The number of para-hydroxylation sites is 1. The van der Waals surface area contributed by atoms with E-state index in [0.717, 1.165) is 47.1 Å². The number of rotatable bonds is 3. The number of carbonyl (C=O) groups excluding carboxylic acids is 1. The van der Waals surface area contributed by atoms with Gasteiger partial charge < -0.3 is 4.90 Å². The molecule has 0 radical (unpaired) electrons. The lowest BCUT2D eigenvalue weighted by Gasteiger charge is -2.29. The van der Waals surface area contributed by atoms with Gasteiger partial charge in [0.05, 0.1) is 16.8 Å². The molecule has 0 saturated carbocycles. The Morgan fingerprint density at radius 3 is 2.89 bits per heavy atom. The van der Waals surface area contributed by atoms with Gasteiger partial charge in [0.15, 0.2) is 0 Å². The molecule has 5 heteroatoms. The third kappa shape index (κ3) is 3.48. The molecular formula is C23H21N3OS. The van der Waals surface area contributed by atoms with Crippen LogP contribution in [0.5, 0.6) is 0 Å². The van der Waals surface area contributed by atoms with Crippen LogP contribution in [0.4, 0.5) is 5.69 Å². The van der Waals surface area contributed by atoms with Crippen LogP contribution in [0.25, 0.3) is 10.9 Å². The van der Waals surface area contributed by atoms with E-state index < -0.39 is 0 Å². The van der Waals surface area contributed by atoms with Crippen molar-refractivity contribution < 1.29 is 4.79 Å². The van der Waals surface area contributed by atoms with E-state index in [-0.39, 0.29) is 11.7 Å². The standard InChI is InChI=1S/C23H21N3OS/c1-15-10-16(2)22-18(11-15)12-19(13-24)23(25-22)28-14-21(27)26-9-5-7-17-6-3-4-8-20(17)26/h3-4,6,8,10-12H,5,7,9,14H2,1-2H3. The van der Waals surface area contributed by atoms with E-state index in [2.05, 4.69) is 18.2 Å². The Bertz CT molecular complexity index is 1120. The Balaban J connectivity index is 1.59. The first-order chi connectivity index (χ1) is 13.6. The highest BCUT2D eigenvalue weighted by Gasteiger charge is 2.22. The van der Waals surface area contributed by atoms with E-state index in [1.807, 2.05) is 49.1 Å². The number of aromatic nitrogens is 1. The van der Waals surface area contributed by atoms with E-state index >= 15 is 0 Å². The third-order valence-corrected chi connectivity index (χ3v) is 6.06. The number of anilines is 1. The summed E-state index contributed by atoms with van der Waals surface area (Å²) in [6, 6.07) is 16.3. The average Bonchev–Trinajstić information content (AvgIpc) is 2.71. The Hall–Kier alpha value is -2.84. The van der Waals surface area contributed by atoms with Crippen molar-refractivity contribution in [3.8, 4) is 6.07 Å². The maximum absolute atomic E-state index is 12.9. The van der Waals surface area contributed by atoms with Gasteiger partial charge >= 0.3 is 0 Å². The van der Waals surface area contributed by atoms with Crippen molar-refractivity contribution in [2.45, 2.75) is 31.7 Å². The van der Waals surface area contributed by atoms with Crippen LogP contribution in [0.15, 0.2) is 47.5 Å². The van der Waals surface area contributed by atoms with E-state index in [1.54, 1.807) is 0 Å². The van der Waals surface area contributed by atoms with Crippen molar-refractivity contribution in [2.24, 2.45) is 0 Å². The van der Waals surface area contributed by atoms with Crippen molar-refractivity contribution in [2.75, 3.05) is 17.2 Å². The van der Waals surface area contributed by atoms with Gasteiger partial charge in [-0.3, -0.25) is 4.79 Å². The van der Waals surface area contributed by atoms with Crippen LogP contribution in [0.3, 0.4) is 0 Å². The molecule has 0 spiro atoms. The van der Waals surface area contributed by atoms with Gasteiger partial charge in [0.25, 0.3) is 0 Å². The van der Waals surface area contributed by atoms with E-state index in [0.29, 0.717) is 10.6 Å². The number of nitriles is 1. The maximum atomic E-state index is 12.9. The molecule has 2 heterocycles. The number of hydrogen-bond donors (Lipinski definition) is 0. The minimum Gasteiger partial charge on any atom is -0.311 e. The van der Waals surface area contributed by atoms with Crippen LogP contribution < -0.4 is 4.90 Å². The smallest absolute Gasteiger partial charge is 0.237 e. The molecule has 4 rings (SSSR count). The zero-order chi connectivity index (χ0) is 19.7. The van der Waals surface area contributed by atoms with Crippen molar-refractivity contribution in [1.29, 1.82) is 5.26 Å². The van der Waals surface area contributed by atoms with E-state index in [1.165, 1.54) is 17.3 Å². The summed E-state index contributed by atoms with van der Waals surface area (Å²) in [5, 5.41) is 11.2. The summed E-state index contributed by atoms with van der Waals surface area (Å²) in [5.74, 6) is 0.329. The highest BCUT2D eigenvalue weighted by Crippen LogP contribution is 2.30. The monoisotopic (exact) mass is 387 g/mol. The van der Waals surface area contributed by atoms with E-state index in [9.17, 15) is 10.1 Å². The highest BCUT2D eigenvalue weighted by atomic mass is 32.2. The number of carbonyl (C=O) groups is 1. The molecule has 1 amide bonds. The lowest BCUT2D eigenvalue weighted by Crippen LogP contribution is -2.36. The number of fused-ring (bicyclic) bond motifs is 2. The molecule has 2 aromatic carbocycles. The molecule has 0 atom stereocenters. The van der Waals surface area contributed by atoms with Crippen LogP contribution in [-0.4, -0.2) is 23.2 Å². The molecule has 4 nitrogen and oxygen atoms in total. The molecule has 0 fully saturated rings. The molecular weight excluding hydrogens is 366 g/mol. The van der Waals surface area contributed by atoms with Crippen LogP contribution in [-0.2, 0) is 11.2 Å². The lowest BCUT2D eigenvalue weighted by atomic mass is 10.0. The fraction of sp³-hybridized carbons (Fsp3) is 0.261. The molecule has 0 saturated heterocycles. The summed E-state index contributed by atoms with van der Waals surface area (Å²) in [5.41, 5.74) is 5.88. The zero-order valence-electron chi connectivity index (χ0n) is 16.0. The molecule has 1 aliphatic heterocycles. The van der Waals surface area contributed by atoms with Gasteiger partial charge in [-0.2, -0.15) is 5.26 Å². The molecule has 0 bridgehead atoms. The summed E-state index contributed by atoms with van der Waals surface area (Å²) in [7, 11) is 0. The predicted molar refractivity (Wildman–Crippen MR) is 114 cm³/mol. The lowest BCUT2D eigenvalue weighted by molar-refractivity contribution is -0.116. The quantitative estimate of drug-likeness (QED) is 0.606. The average molecular weight is 388 g/mol. The summed E-state index contributed by atoms with van der Waals surface area (Å²) < 4.78 is 0. The fourth-order valence-electron chi connectivity index (χ4n) is 3.83. The van der Waals surface area contributed by atoms with Crippen LogP contribution in [0.2, 0.25) is 0 Å². The number of nitrogens with zero attached hydrogens (tertiary/aromatic N) is 3. The SMILES string of the molecule is Cc1cc(C)c2nc(SCC(=O)N3CCCc4ccccc43)c(C#N)cc2c1. The highest BCUT2D eigenvalue weighted by molar-refractivity contribution is 8.00. The number of aryl methyl sites for hydroxylation is 3. The molecule has 0 N–H and O–H groups in total. The van der Waals surface area contributed by atoms with Gasteiger partial charge in [-0.25, -0.2) is 4.98 Å². The van der Waals surface area contributed by atoms with Gasteiger partial charge in [0.1, 0.15) is 11.1 Å². The zero-order valence-corrected chi connectivity index (χ0v) is 16.8. The number of amides is 1. The van der Waals surface area contributed by atoms with Crippen LogP contribution >= 0.6 is 11.8 Å². The first-order valence-electron chi connectivity index (χ1n) is 9.40. The largest absolute Gasteiger partial charge is 0.311 e. The minimum atomic E-state index is 0.0589. The molecule has 0 unspecified atom stereocenters. The second-order valence-electron chi connectivity index (χ2n) is 7.17. The summed E-state index contributed by atoms with van der Waals surface area (Å²) in [4.78, 5) is 19.5. The molecule has 0 aliphatic carbocycles. The number of pyridine rings is 1. The normalized spacial score (nSPS) is 13.2. The summed E-state index contributed by atoms with van der Waals surface area (Å²) in [6.07, 6.45) is 1.99. The number of hydrogen-bond acceptors (Lipinski definition) is 4. The minimum absolute atomic E-state index is 0.0589. The Morgan fingerprint density at radius 2 is 2.07 bits per heavy atom. The summed E-state index contributed by atoms with van der Waals surface area (Å²) >= 11 is 1.35. The second kappa shape index (κ2) is 7.65. The maximum Gasteiger partial charge on any atom is 0.237 e. The van der Waals surface area contributed by atoms with Gasteiger partial charge in [0.2, 0.25) is 5.91 Å². The van der Waals surface area contributed by atoms with Gasteiger partial charge in [-0.1, -0.05) is 41.6 Å². The molecule has 1 aromatic heterocycles. The molecule has 28 heavy (non-hydrogen) atoms. The van der Waals surface area contributed by atoms with Crippen molar-refractivity contribution in [3.05, 3.63) is 64.7 Å². The first-order valence-corrected chi connectivity index (χ1v) is 10.4. The molecule has 3 aromatic rings. The Labute approximate surface area is 169 Å². The Kier molecular flexibility index (Phi) is 5.06. The van der Waals surface area contributed by atoms with Gasteiger partial charge in [0, 0.05) is 17.6 Å². The fourth-order valence-corrected chi connectivity index (χ4v) is 4.66. The van der Waals surface area contributed by atoms with Crippen molar-refractivity contribution in [1.82, 2.24) is 4.98 Å². The molecule has 140 valence electrons. The number of benzene rings is 2. The Morgan fingerprint density at radius 1 is 1.25 bits per heavy atom. The number of thioether (sulfide) groups is 1. The van der Waals surface area contributed by atoms with Crippen LogP contribution in [0, 0.1) is 25.2 Å². The molecule has 1 aliphatic rings. The van der Waals surface area contributed by atoms with Crippen molar-refractivity contribution >= 4 is 34.3 Å². The second-order valence-corrected chi connectivity index (χ2v) is 8.14. The predicted octanol–water partition coefficient (Wildman–Crippen LogP) is 4.79. The summed E-state index contributed by atoms with van der Waals surface area (Å²) in [6.45, 7) is 4.81. The van der Waals surface area contributed by atoms with Gasteiger partial charge in [-0.15, -0.1) is 0 Å². The van der Waals surface area contributed by atoms with Gasteiger partial charge in [-0.05, 0) is 56.0 Å². The van der Waals surface area contributed by atoms with E-state index in [4.69, 9.17) is 4.98 Å². The van der Waals surface area contributed by atoms with Crippen LogP contribution in [0.1, 0.15) is 28.7 Å². The van der Waals surface area contributed by atoms with Crippen molar-refractivity contribution in [3.63, 3.8) is 0 Å². The third-order valence-electron chi connectivity index (χ3n) is 5.08.